The number of halogens is 1. The van der Waals surface area contributed by atoms with Gasteiger partial charge >= 0.3 is 0 Å². The highest BCUT2D eigenvalue weighted by Crippen LogP contribution is 2.22. The molecule has 2 rings (SSSR count). The van der Waals surface area contributed by atoms with E-state index in [2.05, 4.69) is 34.0 Å². The average Bonchev–Trinajstić information content (AvgIpc) is 2.81. The Morgan fingerprint density at radius 1 is 1.37 bits per heavy atom. The van der Waals surface area contributed by atoms with Crippen molar-refractivity contribution in [1.82, 2.24) is 14.9 Å². The van der Waals surface area contributed by atoms with E-state index in [9.17, 15) is 0 Å². The van der Waals surface area contributed by atoms with Crippen molar-refractivity contribution in [2.75, 3.05) is 25.0 Å². The largest absolute Gasteiger partial charge is 0.369 e. The highest BCUT2D eigenvalue weighted by Gasteiger charge is 2.24. The minimum absolute atomic E-state index is 0.547. The van der Waals surface area contributed by atoms with Crippen LogP contribution in [0, 0.1) is 19.8 Å². The molecule has 1 atom stereocenters. The van der Waals surface area contributed by atoms with Crippen molar-refractivity contribution in [2.24, 2.45) is 5.92 Å². The second kappa shape index (κ2) is 6.06. The molecule has 1 aromatic heterocycles. The number of anilines is 1. The van der Waals surface area contributed by atoms with Crippen LogP contribution in [-0.2, 0) is 0 Å². The van der Waals surface area contributed by atoms with Crippen molar-refractivity contribution >= 4 is 17.4 Å². The first kappa shape index (κ1) is 14.5. The molecule has 19 heavy (non-hydrogen) atoms. The maximum atomic E-state index is 6.08. The van der Waals surface area contributed by atoms with Gasteiger partial charge in [-0.15, -0.1) is 0 Å². The van der Waals surface area contributed by atoms with Crippen LogP contribution in [0.1, 0.15) is 31.7 Å². The third kappa shape index (κ3) is 3.57. The summed E-state index contributed by atoms with van der Waals surface area (Å²) in [7, 11) is 0. The Bertz CT molecular complexity index is 447. The lowest BCUT2D eigenvalue weighted by Gasteiger charge is -2.20. The molecule has 1 aromatic rings. The molecule has 1 unspecified atom stereocenters. The monoisotopic (exact) mass is 282 g/mol. The zero-order valence-corrected chi connectivity index (χ0v) is 13.0. The number of aromatic nitrogens is 2. The Labute approximate surface area is 120 Å². The van der Waals surface area contributed by atoms with E-state index in [4.69, 9.17) is 11.6 Å². The fourth-order valence-corrected chi connectivity index (χ4v) is 2.72. The number of rotatable bonds is 4. The van der Waals surface area contributed by atoms with Crippen LogP contribution < -0.4 is 5.32 Å². The fourth-order valence-electron chi connectivity index (χ4n) is 2.51. The third-order valence-corrected chi connectivity index (χ3v) is 4.17. The lowest BCUT2D eigenvalue weighted by atomic mass is 10.1. The average molecular weight is 283 g/mol. The number of nitrogens with zero attached hydrogens (tertiary/aromatic N) is 3. The van der Waals surface area contributed by atoms with Gasteiger partial charge in [0.05, 0.1) is 0 Å². The van der Waals surface area contributed by atoms with E-state index < -0.39 is 0 Å². The van der Waals surface area contributed by atoms with Gasteiger partial charge in [0, 0.05) is 24.7 Å². The molecule has 1 fully saturated rings. The second-order valence-electron chi connectivity index (χ2n) is 5.66. The Kier molecular flexibility index (Phi) is 4.63. The molecule has 0 spiro atoms. The van der Waals surface area contributed by atoms with E-state index in [-0.39, 0.29) is 0 Å². The molecule has 4 nitrogen and oxygen atoms in total. The molecule has 1 N–H and O–H groups in total. The number of hydrogen-bond acceptors (Lipinski definition) is 4. The summed E-state index contributed by atoms with van der Waals surface area (Å²) in [5.41, 5.74) is 0.936. The molecule has 1 saturated heterocycles. The second-order valence-corrected chi connectivity index (χ2v) is 6.02. The Morgan fingerprint density at radius 3 is 2.74 bits per heavy atom. The fraction of sp³-hybridized carbons (Fsp3) is 0.714. The van der Waals surface area contributed by atoms with Crippen LogP contribution in [-0.4, -0.2) is 40.5 Å². The number of aryl methyl sites for hydroxylation is 1. The Morgan fingerprint density at radius 2 is 2.11 bits per heavy atom. The number of nitrogens with one attached hydrogen (secondary N) is 1. The van der Waals surface area contributed by atoms with Gasteiger partial charge in [-0.2, -0.15) is 0 Å². The van der Waals surface area contributed by atoms with E-state index >= 15 is 0 Å². The Balaban J connectivity index is 1.93. The molecule has 0 aliphatic carbocycles. The Hall–Kier alpha value is -0.870. The smallest absolute Gasteiger partial charge is 0.137 e. The summed E-state index contributed by atoms with van der Waals surface area (Å²) in [6.45, 7) is 11.7. The lowest BCUT2D eigenvalue weighted by Crippen LogP contribution is -2.29. The van der Waals surface area contributed by atoms with Crippen LogP contribution in [0.4, 0.5) is 5.82 Å². The summed E-state index contributed by atoms with van der Waals surface area (Å²) in [5, 5.41) is 3.98. The molecule has 0 aromatic carbocycles. The summed E-state index contributed by atoms with van der Waals surface area (Å²) in [5.74, 6) is 2.28. The summed E-state index contributed by atoms with van der Waals surface area (Å²) < 4.78 is 0. The van der Waals surface area contributed by atoms with E-state index in [1.54, 1.807) is 0 Å². The maximum Gasteiger partial charge on any atom is 0.137 e. The van der Waals surface area contributed by atoms with Gasteiger partial charge in [0.2, 0.25) is 0 Å². The highest BCUT2D eigenvalue weighted by atomic mass is 35.5. The zero-order valence-electron chi connectivity index (χ0n) is 12.2. The van der Waals surface area contributed by atoms with E-state index in [0.29, 0.717) is 22.9 Å². The van der Waals surface area contributed by atoms with Crippen molar-refractivity contribution in [2.45, 2.75) is 40.2 Å². The maximum absolute atomic E-state index is 6.08. The normalized spacial score (nSPS) is 20.2. The van der Waals surface area contributed by atoms with Crippen LogP contribution in [0.15, 0.2) is 0 Å². The van der Waals surface area contributed by atoms with Gasteiger partial charge in [0.15, 0.2) is 0 Å². The molecule has 1 aliphatic rings. The SMILES string of the molecule is Cc1nc(Cl)c(C)c(NCC2CCN(C(C)C)C2)n1. The molecule has 2 heterocycles. The van der Waals surface area contributed by atoms with Crippen molar-refractivity contribution in [3.05, 3.63) is 16.5 Å². The topological polar surface area (TPSA) is 41.1 Å². The van der Waals surface area contributed by atoms with Gasteiger partial charge in [-0.05, 0) is 46.6 Å². The van der Waals surface area contributed by atoms with Crippen molar-refractivity contribution < 1.29 is 0 Å². The van der Waals surface area contributed by atoms with Gasteiger partial charge in [0.1, 0.15) is 16.8 Å². The minimum atomic E-state index is 0.547. The molecule has 0 amide bonds. The molecule has 0 bridgehead atoms. The van der Waals surface area contributed by atoms with E-state index in [1.165, 1.54) is 19.5 Å². The van der Waals surface area contributed by atoms with E-state index in [1.807, 2.05) is 13.8 Å². The van der Waals surface area contributed by atoms with Crippen LogP contribution >= 0.6 is 11.6 Å². The predicted molar refractivity (Wildman–Crippen MR) is 79.8 cm³/mol. The van der Waals surface area contributed by atoms with Crippen molar-refractivity contribution in [3.63, 3.8) is 0 Å². The molecule has 0 saturated carbocycles. The van der Waals surface area contributed by atoms with Crippen molar-refractivity contribution in [1.29, 1.82) is 0 Å². The van der Waals surface area contributed by atoms with Gasteiger partial charge in [-0.25, -0.2) is 9.97 Å². The third-order valence-electron chi connectivity index (χ3n) is 3.80. The van der Waals surface area contributed by atoms with Crippen molar-refractivity contribution in [3.8, 4) is 0 Å². The first-order chi connectivity index (χ1) is 8.97. The molecule has 0 radical (unpaired) electrons. The van der Waals surface area contributed by atoms with Gasteiger partial charge in [0.25, 0.3) is 0 Å². The number of hydrogen-bond donors (Lipinski definition) is 1. The molecule has 106 valence electrons. The molecule has 1 aliphatic heterocycles. The van der Waals surface area contributed by atoms with Crippen LogP contribution in [0.5, 0.6) is 0 Å². The van der Waals surface area contributed by atoms with Gasteiger partial charge in [-0.1, -0.05) is 11.6 Å². The molecular weight excluding hydrogens is 260 g/mol. The summed E-state index contributed by atoms with van der Waals surface area (Å²) in [6.07, 6.45) is 1.25. The quantitative estimate of drug-likeness (QED) is 0.862. The number of likely N-dealkylation sites (tertiary alicyclic amines) is 1. The van der Waals surface area contributed by atoms with E-state index in [0.717, 1.165) is 17.9 Å². The van der Waals surface area contributed by atoms with Gasteiger partial charge < -0.3 is 10.2 Å². The standard InChI is InChI=1S/C14H23ClN4/c1-9(2)19-6-5-12(8-19)7-16-14-10(3)13(15)17-11(4)18-14/h9,12H,5-8H2,1-4H3,(H,16,17,18). The lowest BCUT2D eigenvalue weighted by molar-refractivity contribution is 0.266. The first-order valence-corrected chi connectivity index (χ1v) is 7.34. The zero-order chi connectivity index (χ0) is 14.0. The van der Waals surface area contributed by atoms with Crippen LogP contribution in [0.3, 0.4) is 0 Å². The summed E-state index contributed by atoms with van der Waals surface area (Å²) in [4.78, 5) is 11.1. The molecule has 5 heteroatoms. The van der Waals surface area contributed by atoms with Crippen LogP contribution in [0.2, 0.25) is 5.15 Å². The summed E-state index contributed by atoms with van der Waals surface area (Å²) in [6, 6.07) is 0.641. The summed E-state index contributed by atoms with van der Waals surface area (Å²) >= 11 is 6.08. The van der Waals surface area contributed by atoms with Crippen LogP contribution in [0.25, 0.3) is 0 Å². The molecular formula is C14H23ClN4. The predicted octanol–water partition coefficient (Wildman–Crippen LogP) is 2.89. The van der Waals surface area contributed by atoms with Gasteiger partial charge in [-0.3, -0.25) is 0 Å². The first-order valence-electron chi connectivity index (χ1n) is 6.96. The highest BCUT2D eigenvalue weighted by molar-refractivity contribution is 6.30. The minimum Gasteiger partial charge on any atom is -0.369 e.